The number of fused-ring (bicyclic) bond motifs is 1. The summed E-state index contributed by atoms with van der Waals surface area (Å²) in [6, 6.07) is 3.24. The molecule has 9 nitrogen and oxygen atoms in total. The number of aromatic nitrogens is 5. The van der Waals surface area contributed by atoms with E-state index in [9.17, 15) is 4.79 Å². The second-order valence-electron chi connectivity index (χ2n) is 4.76. The van der Waals surface area contributed by atoms with Gasteiger partial charge in [0.2, 0.25) is 0 Å². The number of hydrogen-bond donors (Lipinski definition) is 1. The van der Waals surface area contributed by atoms with Gasteiger partial charge in [-0.15, -0.1) is 14.8 Å². The van der Waals surface area contributed by atoms with Crippen LogP contribution in [-0.4, -0.2) is 73.5 Å². The molecule has 9 heteroatoms. The number of carboxylic acid groups (broad SMARTS) is 1. The van der Waals surface area contributed by atoms with E-state index in [-0.39, 0.29) is 0 Å². The molecule has 0 aromatic carbocycles. The molecule has 1 aliphatic rings. The number of rotatable bonds is 3. The van der Waals surface area contributed by atoms with Gasteiger partial charge >= 0.3 is 5.97 Å². The number of carbonyl (C=O) groups is 1. The molecule has 0 radical (unpaired) electrons. The van der Waals surface area contributed by atoms with Gasteiger partial charge in [-0.05, 0) is 29.5 Å². The Kier molecular flexibility index (Phi) is 3.18. The van der Waals surface area contributed by atoms with Crippen LogP contribution in [0.3, 0.4) is 0 Å². The van der Waals surface area contributed by atoms with Crippen LogP contribution in [0, 0.1) is 0 Å². The lowest BCUT2D eigenvalue weighted by Gasteiger charge is -2.36. The van der Waals surface area contributed by atoms with Gasteiger partial charge in [0.25, 0.3) is 0 Å². The van der Waals surface area contributed by atoms with Gasteiger partial charge in [-0.1, -0.05) is 0 Å². The van der Waals surface area contributed by atoms with Crippen molar-refractivity contribution in [1.82, 2.24) is 30.2 Å². The van der Waals surface area contributed by atoms with Crippen LogP contribution in [0.1, 0.15) is 6.92 Å². The molecule has 3 heterocycles. The molecule has 1 unspecified atom stereocenters. The minimum atomic E-state index is -0.785. The van der Waals surface area contributed by atoms with Gasteiger partial charge < -0.3 is 10.0 Å². The zero-order valence-corrected chi connectivity index (χ0v) is 11.0. The van der Waals surface area contributed by atoms with Crippen molar-refractivity contribution >= 4 is 17.4 Å². The van der Waals surface area contributed by atoms with Gasteiger partial charge in [0.15, 0.2) is 11.5 Å². The van der Waals surface area contributed by atoms with E-state index in [1.807, 2.05) is 17.0 Å². The maximum Gasteiger partial charge on any atom is 0.320 e. The first-order valence-corrected chi connectivity index (χ1v) is 6.42. The predicted octanol–water partition coefficient (Wildman–Crippen LogP) is -0.886. The van der Waals surface area contributed by atoms with Crippen LogP contribution in [0.4, 0.5) is 5.82 Å². The van der Waals surface area contributed by atoms with Crippen molar-refractivity contribution < 1.29 is 9.90 Å². The Labute approximate surface area is 114 Å². The minimum absolute atomic E-state index is 0.452. The predicted molar refractivity (Wildman–Crippen MR) is 69.5 cm³/mol. The Morgan fingerprint density at radius 1 is 1.30 bits per heavy atom. The SMILES string of the molecule is CC(C(=O)O)N1CCN(c2ccc3nnnn3n2)CC1. The van der Waals surface area contributed by atoms with Gasteiger partial charge in [0.1, 0.15) is 6.04 Å². The number of piperazine rings is 1. The Balaban J connectivity index is 1.69. The van der Waals surface area contributed by atoms with Gasteiger partial charge in [-0.3, -0.25) is 9.69 Å². The Bertz CT molecular complexity index is 620. The largest absolute Gasteiger partial charge is 0.480 e. The highest BCUT2D eigenvalue weighted by atomic mass is 16.4. The average Bonchev–Trinajstić information content (AvgIpc) is 2.94. The van der Waals surface area contributed by atoms with Crippen molar-refractivity contribution in [2.24, 2.45) is 0 Å². The molecule has 2 aromatic heterocycles. The monoisotopic (exact) mass is 277 g/mol. The fourth-order valence-electron chi connectivity index (χ4n) is 2.30. The van der Waals surface area contributed by atoms with Crippen molar-refractivity contribution in [3.05, 3.63) is 12.1 Å². The van der Waals surface area contributed by atoms with E-state index in [1.54, 1.807) is 6.92 Å². The molecule has 0 spiro atoms. The first kappa shape index (κ1) is 12.7. The zero-order valence-electron chi connectivity index (χ0n) is 11.0. The molecule has 1 fully saturated rings. The molecule has 3 rings (SSSR count). The number of tetrazole rings is 1. The molecule has 1 N–H and O–H groups in total. The van der Waals surface area contributed by atoms with E-state index in [0.717, 1.165) is 18.9 Å². The fraction of sp³-hybridized carbons (Fsp3) is 0.545. The molecule has 1 atom stereocenters. The normalized spacial score (nSPS) is 18.4. The summed E-state index contributed by atoms with van der Waals surface area (Å²) in [5.41, 5.74) is 0.604. The van der Waals surface area contributed by atoms with E-state index >= 15 is 0 Å². The van der Waals surface area contributed by atoms with Crippen LogP contribution in [0.25, 0.3) is 5.65 Å². The highest BCUT2D eigenvalue weighted by Crippen LogP contribution is 2.14. The van der Waals surface area contributed by atoms with Crippen molar-refractivity contribution in [2.75, 3.05) is 31.1 Å². The molecule has 0 bridgehead atoms. The second kappa shape index (κ2) is 5.00. The number of hydrogen-bond acceptors (Lipinski definition) is 7. The van der Waals surface area contributed by atoms with Crippen molar-refractivity contribution in [3.8, 4) is 0 Å². The summed E-state index contributed by atoms with van der Waals surface area (Å²) in [6.07, 6.45) is 0. The minimum Gasteiger partial charge on any atom is -0.480 e. The molecular weight excluding hydrogens is 262 g/mol. The van der Waals surface area contributed by atoms with Gasteiger partial charge in [0.05, 0.1) is 0 Å². The Morgan fingerprint density at radius 3 is 2.75 bits per heavy atom. The maximum absolute atomic E-state index is 11.0. The summed E-state index contributed by atoms with van der Waals surface area (Å²) in [4.78, 5) is 15.0. The van der Waals surface area contributed by atoms with Crippen molar-refractivity contribution in [2.45, 2.75) is 13.0 Å². The molecule has 1 aliphatic heterocycles. The molecule has 1 saturated heterocycles. The van der Waals surface area contributed by atoms with Gasteiger partial charge in [-0.2, -0.15) is 0 Å². The third kappa shape index (κ3) is 2.27. The second-order valence-corrected chi connectivity index (χ2v) is 4.76. The van der Waals surface area contributed by atoms with Gasteiger partial charge in [0, 0.05) is 26.2 Å². The van der Waals surface area contributed by atoms with E-state index in [0.29, 0.717) is 18.7 Å². The Hall–Kier alpha value is -2.29. The summed E-state index contributed by atoms with van der Waals surface area (Å²) < 4.78 is 1.39. The number of aliphatic carboxylic acids is 1. The summed E-state index contributed by atoms with van der Waals surface area (Å²) in [5, 5.41) is 24.5. The van der Waals surface area contributed by atoms with Crippen molar-refractivity contribution in [3.63, 3.8) is 0 Å². The van der Waals surface area contributed by atoms with E-state index < -0.39 is 12.0 Å². The lowest BCUT2D eigenvalue weighted by molar-refractivity contribution is -0.142. The van der Waals surface area contributed by atoms with E-state index in [1.165, 1.54) is 4.63 Å². The standard InChI is InChI=1S/C11H15N7O2/c1-8(11(19)20)16-4-6-17(7-5-16)10-3-2-9-12-14-15-18(9)13-10/h2-3,8H,4-7H2,1H3,(H,19,20). The summed E-state index contributed by atoms with van der Waals surface area (Å²) in [7, 11) is 0. The summed E-state index contributed by atoms with van der Waals surface area (Å²) >= 11 is 0. The number of nitrogens with zero attached hydrogens (tertiary/aromatic N) is 7. The molecule has 20 heavy (non-hydrogen) atoms. The summed E-state index contributed by atoms with van der Waals surface area (Å²) in [5.74, 6) is 0.0131. The van der Waals surface area contributed by atoms with Gasteiger partial charge in [-0.25, -0.2) is 0 Å². The molecule has 106 valence electrons. The molecule has 2 aromatic rings. The van der Waals surface area contributed by atoms with Crippen LogP contribution >= 0.6 is 0 Å². The van der Waals surface area contributed by atoms with Crippen LogP contribution in [0.15, 0.2) is 12.1 Å². The van der Waals surface area contributed by atoms with Crippen LogP contribution < -0.4 is 4.90 Å². The first-order chi connectivity index (χ1) is 9.65. The maximum atomic E-state index is 11.0. The topological polar surface area (TPSA) is 99.8 Å². The summed E-state index contributed by atoms with van der Waals surface area (Å²) in [6.45, 7) is 4.57. The molecular formula is C11H15N7O2. The third-order valence-corrected chi connectivity index (χ3v) is 3.60. The quantitative estimate of drug-likeness (QED) is 0.771. The molecule has 0 amide bonds. The van der Waals surface area contributed by atoms with E-state index in [2.05, 4.69) is 25.5 Å². The molecule has 0 saturated carbocycles. The lowest BCUT2D eigenvalue weighted by atomic mass is 10.2. The zero-order chi connectivity index (χ0) is 14.1. The van der Waals surface area contributed by atoms with Crippen molar-refractivity contribution in [1.29, 1.82) is 0 Å². The molecule has 0 aliphatic carbocycles. The van der Waals surface area contributed by atoms with Crippen LogP contribution in [0.5, 0.6) is 0 Å². The number of carboxylic acids is 1. The third-order valence-electron chi connectivity index (χ3n) is 3.60. The highest BCUT2D eigenvalue weighted by molar-refractivity contribution is 5.72. The number of anilines is 1. The lowest BCUT2D eigenvalue weighted by Crippen LogP contribution is -2.52. The Morgan fingerprint density at radius 2 is 2.05 bits per heavy atom. The first-order valence-electron chi connectivity index (χ1n) is 6.42. The smallest absolute Gasteiger partial charge is 0.320 e. The average molecular weight is 277 g/mol. The highest BCUT2D eigenvalue weighted by Gasteiger charge is 2.25. The fourth-order valence-corrected chi connectivity index (χ4v) is 2.30. The van der Waals surface area contributed by atoms with Crippen LogP contribution in [-0.2, 0) is 4.79 Å². The van der Waals surface area contributed by atoms with Crippen LogP contribution in [0.2, 0.25) is 0 Å². The van der Waals surface area contributed by atoms with E-state index in [4.69, 9.17) is 5.11 Å².